The number of likely N-dealkylation sites (tertiary alicyclic amines) is 2. The first-order valence-electron chi connectivity index (χ1n) is 28.1. The van der Waals surface area contributed by atoms with E-state index < -0.39 is 23.3 Å². The molecule has 2 saturated carbocycles. The number of anilines is 1. The molecular formula is C64H83ClF4N8. The molecule has 11 rings (SSSR count). The van der Waals surface area contributed by atoms with Crippen LogP contribution in [0.1, 0.15) is 144 Å². The Hall–Kier alpha value is -5.56. The van der Waals surface area contributed by atoms with Crippen molar-refractivity contribution in [3.8, 4) is 11.1 Å². The van der Waals surface area contributed by atoms with Crippen molar-refractivity contribution in [3.63, 3.8) is 0 Å². The van der Waals surface area contributed by atoms with Crippen LogP contribution in [0, 0.1) is 40.5 Å². The summed E-state index contributed by atoms with van der Waals surface area (Å²) in [5.41, 5.74) is 17.1. The molecule has 414 valence electrons. The second-order valence-corrected chi connectivity index (χ2v) is 23.6. The van der Waals surface area contributed by atoms with Gasteiger partial charge < -0.3 is 31.5 Å². The lowest BCUT2D eigenvalue weighted by Gasteiger charge is -2.59. The standard InChI is InChI=1S/C28H28ClF2N.C28H36F2N6.C7H14.CH5N/c1-5-9-18-12-13-21(17(3)32)24(27(18)31)25-23-16(2)28(4,20-10-7-6-8-11-20)15-19(23)14-22(30)26(25)29;1-5-34-16-28(17-34)13-20(14-28)15-35-9-7-21(8-10-35)24-23(29)12-22-26(25(24)30)33(4)32-27(22)36-11-6-18(2)31-19(36)3;1-7-5-3-2-4-6-7;1-2/h6-8,10-14,16H,3,5,9,15,32H2,1-2,4H3;5,12,20-21,31H,1-3,6-11,13-17H2,4H3;7H,2-6H2,1H3;2H2,1H3. The summed E-state index contributed by atoms with van der Waals surface area (Å²) in [7, 11) is 3.22. The number of piperidine rings is 1. The number of halogens is 5. The molecular weight excluding hydrogens is 992 g/mol. The van der Waals surface area contributed by atoms with E-state index in [-0.39, 0.29) is 39.1 Å². The number of nitrogens with one attached hydrogen (secondary N) is 1. The molecule has 8 nitrogen and oxygen atoms in total. The fourth-order valence-corrected chi connectivity index (χ4v) is 13.9. The summed E-state index contributed by atoms with van der Waals surface area (Å²) in [5.74, 6) is 0.934. The number of hydrogen-bond acceptors (Lipinski definition) is 7. The van der Waals surface area contributed by atoms with E-state index >= 15 is 17.6 Å². The maximum absolute atomic E-state index is 15.9. The van der Waals surface area contributed by atoms with Crippen molar-refractivity contribution in [2.24, 2.45) is 35.8 Å². The zero-order valence-electron chi connectivity index (χ0n) is 46.6. The summed E-state index contributed by atoms with van der Waals surface area (Å²) in [4.78, 5) is 6.66. The number of rotatable bonds is 10. The largest absolute Gasteiger partial charge is 0.399 e. The smallest absolute Gasteiger partial charge is 0.164 e. The molecule has 5 aromatic rings. The van der Waals surface area contributed by atoms with Gasteiger partial charge in [-0.1, -0.05) is 147 Å². The number of benzene rings is 4. The van der Waals surface area contributed by atoms with Crippen molar-refractivity contribution in [2.45, 2.75) is 128 Å². The molecule has 0 amide bonds. The van der Waals surface area contributed by atoms with Gasteiger partial charge in [0.1, 0.15) is 28.8 Å². The number of nitrogens with zero attached hydrogens (tertiary/aromatic N) is 5. The molecule has 13 heteroatoms. The maximum Gasteiger partial charge on any atom is 0.164 e. The molecule has 4 aromatic carbocycles. The van der Waals surface area contributed by atoms with Gasteiger partial charge in [-0.05, 0) is 123 Å². The summed E-state index contributed by atoms with van der Waals surface area (Å²) < 4.78 is 63.9. The minimum Gasteiger partial charge on any atom is -0.399 e. The highest BCUT2D eigenvalue weighted by molar-refractivity contribution is 6.34. The van der Waals surface area contributed by atoms with Crippen LogP contribution >= 0.6 is 11.6 Å². The minimum absolute atomic E-state index is 0.0129. The zero-order chi connectivity index (χ0) is 55.5. The number of aryl methyl sites for hydroxylation is 2. The van der Waals surface area contributed by atoms with Crippen LogP contribution in [0.25, 0.3) is 27.7 Å². The Kier molecular flexibility index (Phi) is 18.1. The molecule has 0 radical (unpaired) electrons. The Morgan fingerprint density at radius 3 is 2.16 bits per heavy atom. The average molecular weight is 1080 g/mol. The molecule has 3 saturated heterocycles. The topological polar surface area (TPSA) is 91.6 Å². The zero-order valence-corrected chi connectivity index (χ0v) is 47.4. The predicted molar refractivity (Wildman–Crippen MR) is 312 cm³/mol. The fraction of sp³-hybridized carbons (Fsp3) is 0.484. The van der Waals surface area contributed by atoms with E-state index in [0.29, 0.717) is 70.5 Å². The minimum atomic E-state index is -0.543. The molecule has 3 aliphatic carbocycles. The van der Waals surface area contributed by atoms with E-state index in [1.165, 1.54) is 68.8 Å². The lowest BCUT2D eigenvalue weighted by Crippen LogP contribution is -2.61. The SMILES string of the molecule is C=C(N)c1ccc(CCC)c(F)c1-c1c(Cl)c(F)cc2c1C(C)C(C)(c1ccccc1)C2.C=CN1CC2(CC(CN3CCC(c4c(F)cc5c(N6CCC(=C)NC6=C)nn(C)c5c4F)CC3)C2)C1.CC1CCCCC1.CN. The van der Waals surface area contributed by atoms with Crippen LogP contribution in [-0.4, -0.2) is 65.9 Å². The van der Waals surface area contributed by atoms with Crippen molar-refractivity contribution in [1.82, 2.24) is 24.9 Å². The van der Waals surface area contributed by atoms with Crippen molar-refractivity contribution < 1.29 is 17.6 Å². The van der Waals surface area contributed by atoms with E-state index in [2.05, 4.69) is 85.2 Å². The second kappa shape index (κ2) is 24.2. The molecule has 77 heavy (non-hydrogen) atoms. The van der Waals surface area contributed by atoms with Gasteiger partial charge in [-0.25, -0.2) is 17.6 Å². The van der Waals surface area contributed by atoms with Gasteiger partial charge >= 0.3 is 0 Å². The monoisotopic (exact) mass is 1070 g/mol. The molecule has 3 aliphatic heterocycles. The van der Waals surface area contributed by atoms with Gasteiger partial charge in [0.15, 0.2) is 11.6 Å². The Morgan fingerprint density at radius 2 is 1.56 bits per heavy atom. The van der Waals surface area contributed by atoms with Gasteiger partial charge in [-0.3, -0.25) is 4.68 Å². The summed E-state index contributed by atoms with van der Waals surface area (Å²) in [6.45, 7) is 30.2. The first-order valence-corrected chi connectivity index (χ1v) is 28.5. The number of nitrogens with two attached hydrogens (primary N) is 2. The Morgan fingerprint density at radius 1 is 0.883 bits per heavy atom. The van der Waals surface area contributed by atoms with E-state index in [1.54, 1.807) is 19.2 Å². The third kappa shape index (κ3) is 11.6. The highest BCUT2D eigenvalue weighted by Crippen LogP contribution is 2.55. The molecule has 1 spiro atoms. The van der Waals surface area contributed by atoms with E-state index in [9.17, 15) is 0 Å². The van der Waals surface area contributed by atoms with Gasteiger partial charge in [0.25, 0.3) is 0 Å². The molecule has 1 aromatic heterocycles. The highest BCUT2D eigenvalue weighted by Gasteiger charge is 2.51. The fourth-order valence-electron chi connectivity index (χ4n) is 13.7. The van der Waals surface area contributed by atoms with Gasteiger partial charge in [0.05, 0.1) is 10.4 Å². The van der Waals surface area contributed by atoms with Crippen molar-refractivity contribution in [3.05, 3.63) is 160 Å². The van der Waals surface area contributed by atoms with E-state index in [1.807, 2.05) is 36.2 Å². The summed E-state index contributed by atoms with van der Waals surface area (Å²) in [5, 5.41) is 8.10. The first-order chi connectivity index (χ1) is 36.9. The quantitative estimate of drug-likeness (QED) is 0.120. The van der Waals surface area contributed by atoms with Crippen molar-refractivity contribution in [2.75, 3.05) is 51.2 Å². The first kappa shape index (κ1) is 57.6. The molecule has 4 heterocycles. The third-order valence-electron chi connectivity index (χ3n) is 17.8. The predicted octanol–water partition coefficient (Wildman–Crippen LogP) is 14.6. The van der Waals surface area contributed by atoms with Crippen LogP contribution in [0.5, 0.6) is 0 Å². The third-order valence-corrected chi connectivity index (χ3v) is 18.2. The van der Waals surface area contributed by atoms with Crippen LogP contribution in [0.4, 0.5) is 23.4 Å². The average Bonchev–Trinajstić information content (AvgIpc) is 4.10. The van der Waals surface area contributed by atoms with Crippen LogP contribution in [0.2, 0.25) is 5.02 Å². The van der Waals surface area contributed by atoms with Crippen molar-refractivity contribution in [1.29, 1.82) is 0 Å². The van der Waals surface area contributed by atoms with E-state index in [0.717, 1.165) is 86.2 Å². The lowest BCUT2D eigenvalue weighted by atomic mass is 9.57. The van der Waals surface area contributed by atoms with Gasteiger partial charge in [-0.2, -0.15) is 5.10 Å². The summed E-state index contributed by atoms with van der Waals surface area (Å²) in [6, 6.07) is 16.7. The summed E-state index contributed by atoms with van der Waals surface area (Å²) >= 11 is 6.58. The molecule has 5 N–H and O–H groups in total. The number of aromatic nitrogens is 2. The number of fused-ring (bicyclic) bond motifs is 2. The molecule has 6 aliphatic rings. The number of hydrogen-bond donors (Lipinski definition) is 3. The Balaban J connectivity index is 0.000000177. The normalized spacial score (nSPS) is 21.4. The van der Waals surface area contributed by atoms with Crippen LogP contribution < -0.4 is 21.7 Å². The summed E-state index contributed by atoms with van der Waals surface area (Å²) in [6.07, 6.45) is 16.3. The van der Waals surface area contributed by atoms with Gasteiger partial charge in [0, 0.05) is 84.1 Å². The Bertz CT molecular complexity index is 2960. The van der Waals surface area contributed by atoms with Crippen LogP contribution in [0.15, 0.2) is 98.6 Å². The molecule has 5 fully saturated rings. The van der Waals surface area contributed by atoms with Gasteiger partial charge in [-0.15, -0.1) is 0 Å². The van der Waals surface area contributed by atoms with Gasteiger partial charge in [0.2, 0.25) is 0 Å². The van der Waals surface area contributed by atoms with Crippen LogP contribution in [0.3, 0.4) is 0 Å². The second-order valence-electron chi connectivity index (χ2n) is 23.2. The Labute approximate surface area is 461 Å². The van der Waals surface area contributed by atoms with Crippen molar-refractivity contribution >= 4 is 34.0 Å². The molecule has 2 atom stereocenters. The molecule has 2 unspecified atom stereocenters. The lowest BCUT2D eigenvalue weighted by molar-refractivity contribution is -0.0799. The maximum atomic E-state index is 15.9. The molecule has 0 bridgehead atoms. The highest BCUT2D eigenvalue weighted by atomic mass is 35.5. The van der Waals surface area contributed by atoms with Crippen LogP contribution in [-0.2, 0) is 25.3 Å². The van der Waals surface area contributed by atoms with E-state index in [4.69, 9.17) is 17.3 Å².